The number of benzene rings is 1. The molecule has 0 spiro atoms. The molecule has 1 atom stereocenters. The van der Waals surface area contributed by atoms with Crippen LogP contribution >= 0.6 is 0 Å². The topological polar surface area (TPSA) is 66.9 Å². The molecule has 26 heavy (non-hydrogen) atoms. The van der Waals surface area contributed by atoms with Gasteiger partial charge >= 0.3 is 0 Å². The lowest BCUT2D eigenvalue weighted by molar-refractivity contribution is -0.119. The van der Waals surface area contributed by atoms with Crippen molar-refractivity contribution in [1.82, 2.24) is 4.31 Å². The predicted molar refractivity (Wildman–Crippen MR) is 101 cm³/mol. The van der Waals surface area contributed by atoms with Crippen LogP contribution in [-0.4, -0.2) is 51.5 Å². The largest absolute Gasteiger partial charge is 0.378 e. The molecule has 6 nitrogen and oxygen atoms in total. The van der Waals surface area contributed by atoms with Crippen molar-refractivity contribution in [3.63, 3.8) is 0 Å². The van der Waals surface area contributed by atoms with Gasteiger partial charge in [0.1, 0.15) is 0 Å². The van der Waals surface area contributed by atoms with Crippen LogP contribution in [0.5, 0.6) is 0 Å². The second-order valence-corrected chi connectivity index (χ2v) is 9.15. The highest BCUT2D eigenvalue weighted by Gasteiger charge is 2.24. The molecule has 2 aliphatic heterocycles. The summed E-state index contributed by atoms with van der Waals surface area (Å²) in [6.45, 7) is 1.92. The summed E-state index contributed by atoms with van der Waals surface area (Å²) < 4.78 is 32.6. The van der Waals surface area contributed by atoms with Gasteiger partial charge in [-0.15, -0.1) is 0 Å². The summed E-state index contributed by atoms with van der Waals surface area (Å²) in [6, 6.07) is 6.66. The van der Waals surface area contributed by atoms with Gasteiger partial charge in [0.2, 0.25) is 15.9 Å². The highest BCUT2D eigenvalue weighted by Crippen LogP contribution is 2.24. The zero-order valence-electron chi connectivity index (χ0n) is 15.4. The van der Waals surface area contributed by atoms with E-state index in [1.807, 2.05) is 0 Å². The molecule has 144 valence electrons. The molecule has 2 saturated heterocycles. The maximum Gasteiger partial charge on any atom is 0.242 e. The lowest BCUT2D eigenvalue weighted by Gasteiger charge is -2.27. The van der Waals surface area contributed by atoms with E-state index in [-0.39, 0.29) is 16.9 Å². The summed E-state index contributed by atoms with van der Waals surface area (Å²) in [5.41, 5.74) is 0.770. The zero-order chi connectivity index (χ0) is 18.6. The molecule has 3 rings (SSSR count). The highest BCUT2D eigenvalue weighted by molar-refractivity contribution is 7.89. The Morgan fingerprint density at radius 2 is 1.92 bits per heavy atom. The fraction of sp³-hybridized carbons (Fsp3) is 0.632. The number of carbonyl (C=O) groups excluding carboxylic acids is 1. The average Bonchev–Trinajstić information content (AvgIpc) is 2.67. The average molecular weight is 381 g/mol. The van der Waals surface area contributed by atoms with E-state index in [0.29, 0.717) is 19.5 Å². The van der Waals surface area contributed by atoms with Crippen molar-refractivity contribution in [2.75, 3.05) is 31.6 Å². The van der Waals surface area contributed by atoms with E-state index < -0.39 is 10.0 Å². The van der Waals surface area contributed by atoms with E-state index in [1.54, 1.807) is 36.2 Å². The SMILES string of the molecule is CN(CCC1CCCCO1)S(=O)(=O)c1ccc(N2CCCCC2=O)cc1. The van der Waals surface area contributed by atoms with Crippen LogP contribution in [0.3, 0.4) is 0 Å². The van der Waals surface area contributed by atoms with Crippen LogP contribution in [0.4, 0.5) is 5.69 Å². The number of anilines is 1. The molecule has 1 aromatic carbocycles. The van der Waals surface area contributed by atoms with E-state index in [2.05, 4.69) is 0 Å². The lowest BCUT2D eigenvalue weighted by Crippen LogP contribution is -2.35. The van der Waals surface area contributed by atoms with Crippen LogP contribution < -0.4 is 4.90 Å². The van der Waals surface area contributed by atoms with E-state index in [1.165, 1.54) is 4.31 Å². The summed E-state index contributed by atoms with van der Waals surface area (Å²) in [7, 11) is -1.92. The third kappa shape index (κ3) is 4.45. The number of amides is 1. The molecule has 0 aromatic heterocycles. The maximum absolute atomic E-state index is 12.8. The van der Waals surface area contributed by atoms with Crippen LogP contribution in [0.1, 0.15) is 44.9 Å². The molecule has 0 N–H and O–H groups in total. The van der Waals surface area contributed by atoms with Crippen LogP contribution in [0, 0.1) is 0 Å². The van der Waals surface area contributed by atoms with Crippen LogP contribution in [0.25, 0.3) is 0 Å². The number of hydrogen-bond donors (Lipinski definition) is 0. The van der Waals surface area contributed by atoms with E-state index in [0.717, 1.165) is 50.8 Å². The Kier molecular flexibility index (Phi) is 6.32. The molecule has 0 radical (unpaired) electrons. The van der Waals surface area contributed by atoms with Crippen LogP contribution in [0.15, 0.2) is 29.2 Å². The molecule has 0 saturated carbocycles. The second-order valence-electron chi connectivity index (χ2n) is 7.10. The van der Waals surface area contributed by atoms with Gasteiger partial charge in [-0.2, -0.15) is 0 Å². The van der Waals surface area contributed by atoms with Gasteiger partial charge in [-0.3, -0.25) is 4.79 Å². The quantitative estimate of drug-likeness (QED) is 0.761. The van der Waals surface area contributed by atoms with Crippen LogP contribution in [0.2, 0.25) is 0 Å². The first kappa shape index (κ1) is 19.3. The summed E-state index contributed by atoms with van der Waals surface area (Å²) in [4.78, 5) is 14.0. The fourth-order valence-corrected chi connectivity index (χ4v) is 4.72. The van der Waals surface area contributed by atoms with Gasteiger partial charge in [-0.05, 0) is 62.8 Å². The minimum Gasteiger partial charge on any atom is -0.378 e. The van der Waals surface area contributed by atoms with Gasteiger partial charge in [0.15, 0.2) is 0 Å². The molecular formula is C19H28N2O4S. The molecule has 1 unspecified atom stereocenters. The minimum absolute atomic E-state index is 0.108. The molecule has 2 heterocycles. The fourth-order valence-electron chi connectivity index (χ4n) is 3.54. The highest BCUT2D eigenvalue weighted by atomic mass is 32.2. The summed E-state index contributed by atoms with van der Waals surface area (Å²) in [5, 5.41) is 0. The van der Waals surface area contributed by atoms with E-state index in [9.17, 15) is 13.2 Å². The van der Waals surface area contributed by atoms with Crippen molar-refractivity contribution < 1.29 is 17.9 Å². The molecule has 0 bridgehead atoms. The van der Waals surface area contributed by atoms with Gasteiger partial charge in [-0.1, -0.05) is 0 Å². The van der Waals surface area contributed by atoms with Crippen molar-refractivity contribution in [1.29, 1.82) is 0 Å². The Bertz CT molecular complexity index is 712. The summed E-state index contributed by atoms with van der Waals surface area (Å²) in [5.74, 6) is 0.108. The van der Waals surface area contributed by atoms with Crippen molar-refractivity contribution in [2.24, 2.45) is 0 Å². The molecule has 0 aliphatic carbocycles. The molecule has 1 aromatic rings. The molecule has 7 heteroatoms. The Hall–Kier alpha value is -1.44. The summed E-state index contributed by atoms with van der Waals surface area (Å²) in [6.07, 6.45) is 6.60. The third-order valence-electron chi connectivity index (χ3n) is 5.22. The smallest absolute Gasteiger partial charge is 0.242 e. The third-order valence-corrected chi connectivity index (χ3v) is 7.09. The number of ether oxygens (including phenoxy) is 1. The molecular weight excluding hydrogens is 352 g/mol. The Morgan fingerprint density at radius 3 is 2.58 bits per heavy atom. The standard InChI is InChI=1S/C19H28N2O4S/c1-20(14-12-17-6-3-5-15-25-17)26(23,24)18-10-8-16(9-11-18)21-13-4-2-7-19(21)22/h8-11,17H,2-7,12-15H2,1H3. The first-order chi connectivity index (χ1) is 12.5. The Labute approximate surface area is 156 Å². The first-order valence-corrected chi connectivity index (χ1v) is 10.9. The van der Waals surface area contributed by atoms with Gasteiger partial charge in [0.25, 0.3) is 0 Å². The number of nitrogens with zero attached hydrogens (tertiary/aromatic N) is 2. The minimum atomic E-state index is -3.53. The predicted octanol–water partition coefficient (Wildman–Crippen LogP) is 2.78. The van der Waals surface area contributed by atoms with Gasteiger partial charge in [0.05, 0.1) is 11.0 Å². The number of carbonyl (C=O) groups is 1. The van der Waals surface area contributed by atoms with Crippen LogP contribution in [-0.2, 0) is 19.6 Å². The van der Waals surface area contributed by atoms with Crippen molar-refractivity contribution in [2.45, 2.75) is 55.9 Å². The van der Waals surface area contributed by atoms with Gasteiger partial charge in [0, 0.05) is 38.9 Å². The number of piperidine rings is 1. The molecule has 2 fully saturated rings. The normalized spacial score (nSPS) is 22.0. The van der Waals surface area contributed by atoms with E-state index in [4.69, 9.17) is 4.74 Å². The van der Waals surface area contributed by atoms with Crippen molar-refractivity contribution in [3.05, 3.63) is 24.3 Å². The van der Waals surface area contributed by atoms with Crippen molar-refractivity contribution in [3.8, 4) is 0 Å². The van der Waals surface area contributed by atoms with Gasteiger partial charge in [-0.25, -0.2) is 12.7 Å². The number of sulfonamides is 1. The Balaban J connectivity index is 1.63. The number of hydrogen-bond acceptors (Lipinski definition) is 4. The van der Waals surface area contributed by atoms with Crippen molar-refractivity contribution >= 4 is 21.6 Å². The van der Waals surface area contributed by atoms with E-state index >= 15 is 0 Å². The molecule has 2 aliphatic rings. The molecule has 1 amide bonds. The lowest BCUT2D eigenvalue weighted by atomic mass is 10.1. The Morgan fingerprint density at radius 1 is 1.15 bits per heavy atom. The number of rotatable bonds is 6. The monoisotopic (exact) mass is 380 g/mol. The first-order valence-electron chi connectivity index (χ1n) is 9.47. The zero-order valence-corrected chi connectivity index (χ0v) is 16.2. The summed E-state index contributed by atoms with van der Waals surface area (Å²) >= 11 is 0. The maximum atomic E-state index is 12.8. The second kappa shape index (κ2) is 8.50. The van der Waals surface area contributed by atoms with Gasteiger partial charge < -0.3 is 9.64 Å².